The van der Waals surface area contributed by atoms with Crippen molar-refractivity contribution in [2.45, 2.75) is 11.8 Å². The van der Waals surface area contributed by atoms with Gasteiger partial charge >= 0.3 is 0 Å². The van der Waals surface area contributed by atoms with Gasteiger partial charge in [0.2, 0.25) is 0 Å². The maximum absolute atomic E-state index is 4.18. The van der Waals surface area contributed by atoms with Crippen LogP contribution in [0.25, 0.3) is 0 Å². The minimum absolute atomic E-state index is 0. The largest absolute Gasteiger partial charge is 0.183 e. The van der Waals surface area contributed by atoms with Crippen molar-refractivity contribution >= 4 is 12.6 Å². The second kappa shape index (κ2) is 4.71. The molecular weight excluding hydrogens is 256 g/mol. The average Bonchev–Trinajstić information content (AvgIpc) is 1.77. The van der Waals surface area contributed by atoms with Gasteiger partial charge in [-0.05, 0) is 0 Å². The van der Waals surface area contributed by atoms with Gasteiger partial charge in [-0.3, -0.25) is 0 Å². The first-order chi connectivity index (χ1) is 3.80. The van der Waals surface area contributed by atoms with E-state index < -0.39 is 0 Å². The minimum Gasteiger partial charge on any atom is -0.183 e. The van der Waals surface area contributed by atoms with Crippen molar-refractivity contribution in [2.24, 2.45) is 0 Å². The summed E-state index contributed by atoms with van der Waals surface area (Å²) in [4.78, 5) is 1.03. The molecule has 2 heteroatoms. The normalized spacial score (nSPS) is 8.22. The molecule has 0 aliphatic rings. The Kier molecular flexibility index (Phi) is 5.21. The Bertz CT molecular complexity index is 165. The van der Waals surface area contributed by atoms with Crippen molar-refractivity contribution in [3.63, 3.8) is 0 Å². The molecule has 0 saturated carbocycles. The molecule has 0 atom stereocenters. The molecule has 46 valence electrons. The Morgan fingerprint density at radius 3 is 2.56 bits per heavy atom. The molecule has 0 aliphatic carbocycles. The van der Waals surface area contributed by atoms with Crippen LogP contribution in [0.15, 0.2) is 23.1 Å². The number of thiol groups is 1. The van der Waals surface area contributed by atoms with E-state index in [9.17, 15) is 0 Å². The van der Waals surface area contributed by atoms with E-state index in [1.807, 2.05) is 25.1 Å². The molecule has 0 radical (unpaired) electrons. The number of rotatable bonds is 0. The molecule has 0 spiro atoms. The maximum atomic E-state index is 4.18. The molecule has 0 aliphatic heterocycles. The fourth-order valence-corrected chi connectivity index (χ4v) is 0.645. The molecule has 9 heavy (non-hydrogen) atoms. The number of hydrogen-bond donors (Lipinski definition) is 1. The first-order valence-electron chi connectivity index (χ1n) is 2.46. The summed E-state index contributed by atoms with van der Waals surface area (Å²) in [5.41, 5.74) is 1.18. The number of benzene rings is 1. The van der Waals surface area contributed by atoms with E-state index in [4.69, 9.17) is 0 Å². The van der Waals surface area contributed by atoms with Crippen LogP contribution in [0.1, 0.15) is 5.56 Å². The standard InChI is InChI=1S/C7H7S.Ce/c1-6-4-2-3-5-7(6)8;/h3-5,8H,1H3;/q-1;. The summed E-state index contributed by atoms with van der Waals surface area (Å²) < 4.78 is 0. The molecule has 0 saturated heterocycles. The Labute approximate surface area is 94.8 Å². The summed E-state index contributed by atoms with van der Waals surface area (Å²) in [7, 11) is 0. The van der Waals surface area contributed by atoms with Gasteiger partial charge in [0.25, 0.3) is 0 Å². The topological polar surface area (TPSA) is 0 Å². The summed E-state index contributed by atoms with van der Waals surface area (Å²) in [5.74, 6) is 0. The molecule has 1 rings (SSSR count). The molecule has 0 heterocycles. The van der Waals surface area contributed by atoms with Gasteiger partial charge < -0.3 is 0 Å². The summed E-state index contributed by atoms with van der Waals surface area (Å²) in [6.45, 7) is 2.01. The minimum atomic E-state index is 0. The summed E-state index contributed by atoms with van der Waals surface area (Å²) in [5, 5.41) is 0. The summed E-state index contributed by atoms with van der Waals surface area (Å²) >= 11 is 4.18. The summed E-state index contributed by atoms with van der Waals surface area (Å²) in [6, 6.07) is 8.66. The summed E-state index contributed by atoms with van der Waals surface area (Å²) in [6.07, 6.45) is 0. The van der Waals surface area contributed by atoms with Gasteiger partial charge in [0.15, 0.2) is 0 Å². The fourth-order valence-electron chi connectivity index (χ4n) is 0.506. The van der Waals surface area contributed by atoms with E-state index in [0.717, 1.165) is 4.90 Å². The van der Waals surface area contributed by atoms with Crippen LogP contribution in [-0.4, -0.2) is 0 Å². The van der Waals surface area contributed by atoms with Gasteiger partial charge in [-0.15, -0.1) is 10.5 Å². The average molecular weight is 263 g/mol. The van der Waals surface area contributed by atoms with Gasteiger partial charge in [-0.2, -0.15) is 36.9 Å². The van der Waals surface area contributed by atoms with E-state index >= 15 is 0 Å². The van der Waals surface area contributed by atoms with Gasteiger partial charge in [0, 0.05) is 41.7 Å². The molecule has 0 unspecified atom stereocenters. The van der Waals surface area contributed by atoms with Crippen LogP contribution in [-0.2, 0) is 0 Å². The van der Waals surface area contributed by atoms with Gasteiger partial charge in [0.05, 0.1) is 0 Å². The third kappa shape index (κ3) is 3.02. The van der Waals surface area contributed by atoms with Crippen LogP contribution in [0.3, 0.4) is 0 Å². The van der Waals surface area contributed by atoms with E-state index in [0.29, 0.717) is 0 Å². The van der Waals surface area contributed by atoms with Crippen LogP contribution >= 0.6 is 12.6 Å². The van der Waals surface area contributed by atoms with Gasteiger partial charge in [-0.1, -0.05) is 6.92 Å². The van der Waals surface area contributed by atoms with Crippen LogP contribution in [0.5, 0.6) is 0 Å². The zero-order valence-electron chi connectivity index (χ0n) is 5.18. The van der Waals surface area contributed by atoms with Crippen LogP contribution in [0.4, 0.5) is 0 Å². The van der Waals surface area contributed by atoms with Crippen molar-refractivity contribution in [1.29, 1.82) is 0 Å². The zero-order chi connectivity index (χ0) is 5.98. The Hall–Kier alpha value is 0.947. The molecule has 0 nitrogen and oxygen atoms in total. The SMILES string of the molecule is Cc1c[c-]ccc1S.[Ce]. The van der Waals surface area contributed by atoms with Crippen molar-refractivity contribution in [1.82, 2.24) is 0 Å². The third-order valence-corrected chi connectivity index (χ3v) is 1.54. The van der Waals surface area contributed by atoms with Crippen LogP contribution in [0.2, 0.25) is 0 Å². The van der Waals surface area contributed by atoms with Gasteiger partial charge in [0.1, 0.15) is 0 Å². The predicted octanol–water partition coefficient (Wildman–Crippen LogP) is 2.08. The molecule has 1 aromatic rings. The molecule has 0 fully saturated rings. The quantitative estimate of drug-likeness (QED) is 0.538. The van der Waals surface area contributed by atoms with Crippen molar-refractivity contribution in [2.75, 3.05) is 0 Å². The third-order valence-electron chi connectivity index (χ3n) is 1.04. The number of hydrogen-bond acceptors (Lipinski definition) is 1. The van der Waals surface area contributed by atoms with Crippen molar-refractivity contribution in [3.05, 3.63) is 29.8 Å². The van der Waals surface area contributed by atoms with Crippen molar-refractivity contribution < 1.29 is 41.7 Å². The first kappa shape index (κ1) is 9.95. The molecule has 0 N–H and O–H groups in total. The Morgan fingerprint density at radius 1 is 1.56 bits per heavy atom. The van der Waals surface area contributed by atoms with E-state index in [1.165, 1.54) is 5.56 Å². The number of aryl methyl sites for hydroxylation is 1. The van der Waals surface area contributed by atoms with Crippen molar-refractivity contribution in [3.8, 4) is 0 Å². The van der Waals surface area contributed by atoms with E-state index in [2.05, 4.69) is 18.7 Å². The van der Waals surface area contributed by atoms with Crippen LogP contribution in [0, 0.1) is 54.7 Å². The Balaban J connectivity index is 0.000000640. The molecule has 0 aromatic heterocycles. The Morgan fingerprint density at radius 2 is 2.22 bits per heavy atom. The van der Waals surface area contributed by atoms with Crippen LogP contribution < -0.4 is 0 Å². The van der Waals surface area contributed by atoms with Gasteiger partial charge in [-0.25, -0.2) is 0 Å². The second-order valence-corrected chi connectivity index (χ2v) is 2.19. The first-order valence-corrected chi connectivity index (χ1v) is 2.91. The second-order valence-electron chi connectivity index (χ2n) is 1.71. The maximum Gasteiger partial charge on any atom is 0 e. The van der Waals surface area contributed by atoms with E-state index in [-0.39, 0.29) is 41.7 Å². The molecular formula is C7H7CeS-. The van der Waals surface area contributed by atoms with E-state index in [1.54, 1.807) is 0 Å². The molecule has 1 aromatic carbocycles. The fraction of sp³-hybridized carbons (Fsp3) is 0.143. The monoisotopic (exact) mass is 263 g/mol. The predicted molar refractivity (Wildman–Crippen MR) is 37.3 cm³/mol. The smallest absolute Gasteiger partial charge is 0 e. The zero-order valence-corrected chi connectivity index (χ0v) is 9.21. The molecule has 0 amide bonds. The molecule has 0 bridgehead atoms.